The number of hydrogen-bond acceptors (Lipinski definition) is 5. The number of ether oxygens (including phenoxy) is 1. The Morgan fingerprint density at radius 1 is 1.41 bits per heavy atom. The predicted octanol–water partition coefficient (Wildman–Crippen LogP) is 1.09. The molecule has 2 rings (SSSR count). The molecule has 7 heteroatoms. The highest BCUT2D eigenvalue weighted by molar-refractivity contribution is 8.13. The van der Waals surface area contributed by atoms with E-state index in [1.165, 1.54) is 0 Å². The minimum absolute atomic E-state index is 0.00974. The highest BCUT2D eigenvalue weighted by atomic mass is 32.2. The number of hydrogen-bond donors (Lipinski definition) is 1. The molecular formula is C10H16O5S2. The van der Waals surface area contributed by atoms with Gasteiger partial charge in [-0.3, -0.25) is 9.35 Å². The topological polar surface area (TPSA) is 80.7 Å². The second kappa shape index (κ2) is 5.26. The van der Waals surface area contributed by atoms with E-state index in [-0.39, 0.29) is 29.0 Å². The van der Waals surface area contributed by atoms with Crippen molar-refractivity contribution in [3.63, 3.8) is 0 Å². The van der Waals surface area contributed by atoms with Crippen LogP contribution < -0.4 is 0 Å². The van der Waals surface area contributed by atoms with Crippen LogP contribution in [0.5, 0.6) is 0 Å². The molecule has 0 aromatic carbocycles. The number of carbonyl (C=O) groups is 1. The van der Waals surface area contributed by atoms with Gasteiger partial charge in [0.25, 0.3) is 10.1 Å². The van der Waals surface area contributed by atoms with Crippen molar-refractivity contribution in [1.29, 1.82) is 0 Å². The lowest BCUT2D eigenvalue weighted by atomic mass is 9.90. The van der Waals surface area contributed by atoms with E-state index in [4.69, 9.17) is 9.29 Å². The average molecular weight is 280 g/mol. The predicted molar refractivity (Wildman–Crippen MR) is 64.5 cm³/mol. The Hall–Kier alpha value is -0.110. The summed E-state index contributed by atoms with van der Waals surface area (Å²) in [4.78, 5) is 11.8. The van der Waals surface area contributed by atoms with Gasteiger partial charge in [0.15, 0.2) is 5.12 Å². The zero-order valence-corrected chi connectivity index (χ0v) is 11.0. The SMILES string of the molecule is O=C(SCCCS(=O)(=O)O)C1CC2CCC1O2. The summed E-state index contributed by atoms with van der Waals surface area (Å²) < 4.78 is 35.1. The molecule has 2 heterocycles. The zero-order valence-electron chi connectivity index (χ0n) is 9.37. The van der Waals surface area contributed by atoms with Crippen LogP contribution in [0.3, 0.4) is 0 Å². The third-order valence-corrected chi connectivity index (χ3v) is 5.08. The largest absolute Gasteiger partial charge is 0.374 e. The Kier molecular flexibility index (Phi) is 4.12. The summed E-state index contributed by atoms with van der Waals surface area (Å²) in [5, 5.41) is 0.104. The third kappa shape index (κ3) is 3.67. The molecule has 2 bridgehead atoms. The van der Waals surface area contributed by atoms with Gasteiger partial charge in [0, 0.05) is 5.75 Å². The molecule has 3 atom stereocenters. The average Bonchev–Trinajstić information content (AvgIpc) is 2.84. The summed E-state index contributed by atoms with van der Waals surface area (Å²) >= 11 is 1.16. The zero-order chi connectivity index (χ0) is 12.5. The highest BCUT2D eigenvalue weighted by Gasteiger charge is 2.44. The Bertz CT molecular complexity index is 392. The summed E-state index contributed by atoms with van der Waals surface area (Å²) in [5.41, 5.74) is 0. The fraction of sp³-hybridized carbons (Fsp3) is 0.900. The molecule has 2 fully saturated rings. The van der Waals surface area contributed by atoms with Crippen molar-refractivity contribution in [2.45, 2.75) is 37.9 Å². The number of thioether (sulfide) groups is 1. The summed E-state index contributed by atoms with van der Waals surface area (Å²) in [6.07, 6.45) is 3.48. The molecule has 1 N–H and O–H groups in total. The summed E-state index contributed by atoms with van der Waals surface area (Å²) in [5.74, 6) is 0.150. The standard InChI is InChI=1S/C10H16O5S2/c11-10(16-4-1-5-17(12,13)14)8-6-7-2-3-9(8)15-7/h7-9H,1-6H2,(H,12,13,14). The second-order valence-corrected chi connectivity index (χ2v) is 7.19. The maximum absolute atomic E-state index is 11.8. The van der Waals surface area contributed by atoms with Gasteiger partial charge in [0.2, 0.25) is 0 Å². The molecule has 0 radical (unpaired) electrons. The van der Waals surface area contributed by atoms with Crippen molar-refractivity contribution in [2.75, 3.05) is 11.5 Å². The molecule has 0 amide bonds. The molecule has 3 unspecified atom stereocenters. The quantitative estimate of drug-likeness (QED) is 0.600. The molecule has 0 aliphatic carbocycles. The van der Waals surface area contributed by atoms with E-state index in [9.17, 15) is 13.2 Å². The van der Waals surface area contributed by atoms with Crippen molar-refractivity contribution in [2.24, 2.45) is 5.92 Å². The van der Waals surface area contributed by atoms with Gasteiger partial charge in [-0.25, -0.2) is 0 Å². The van der Waals surface area contributed by atoms with Crippen LogP contribution in [0.25, 0.3) is 0 Å². The smallest absolute Gasteiger partial charge is 0.264 e. The Morgan fingerprint density at radius 2 is 2.18 bits per heavy atom. The van der Waals surface area contributed by atoms with Crippen molar-refractivity contribution in [1.82, 2.24) is 0 Å². The molecular weight excluding hydrogens is 264 g/mol. The van der Waals surface area contributed by atoms with E-state index in [0.29, 0.717) is 12.2 Å². The second-order valence-electron chi connectivity index (χ2n) is 4.52. The van der Waals surface area contributed by atoms with Crippen molar-refractivity contribution in [3.05, 3.63) is 0 Å². The van der Waals surface area contributed by atoms with E-state index >= 15 is 0 Å². The highest BCUT2D eigenvalue weighted by Crippen LogP contribution is 2.40. The van der Waals surface area contributed by atoms with Gasteiger partial charge in [0.05, 0.1) is 23.9 Å². The monoisotopic (exact) mass is 280 g/mol. The van der Waals surface area contributed by atoms with Crippen LogP contribution in [0.2, 0.25) is 0 Å². The number of carbonyl (C=O) groups excluding carboxylic acids is 1. The fourth-order valence-corrected chi connectivity index (χ4v) is 4.05. The van der Waals surface area contributed by atoms with E-state index < -0.39 is 10.1 Å². The summed E-state index contributed by atoms with van der Waals surface area (Å²) in [6.45, 7) is 0. The molecule has 2 saturated heterocycles. The molecule has 0 spiro atoms. The van der Waals surface area contributed by atoms with Gasteiger partial charge in [-0.1, -0.05) is 11.8 Å². The first-order chi connectivity index (χ1) is 7.96. The molecule has 0 aromatic rings. The normalized spacial score (nSPS) is 31.9. The van der Waals surface area contributed by atoms with Crippen LogP contribution in [0.4, 0.5) is 0 Å². The van der Waals surface area contributed by atoms with E-state index in [0.717, 1.165) is 31.0 Å². The first kappa shape index (κ1) is 13.3. The molecule has 2 aliphatic heterocycles. The van der Waals surface area contributed by atoms with Gasteiger partial charge in [-0.15, -0.1) is 0 Å². The van der Waals surface area contributed by atoms with Gasteiger partial charge >= 0.3 is 0 Å². The first-order valence-corrected chi connectivity index (χ1v) is 8.32. The minimum Gasteiger partial charge on any atom is -0.374 e. The third-order valence-electron chi connectivity index (χ3n) is 3.20. The molecule has 0 saturated carbocycles. The molecule has 2 aliphatic rings. The van der Waals surface area contributed by atoms with Crippen molar-refractivity contribution >= 4 is 27.0 Å². The lowest BCUT2D eigenvalue weighted by molar-refractivity contribution is -0.115. The van der Waals surface area contributed by atoms with Crippen molar-refractivity contribution < 1.29 is 22.5 Å². The van der Waals surface area contributed by atoms with Gasteiger partial charge in [-0.05, 0) is 25.7 Å². The number of fused-ring (bicyclic) bond motifs is 2. The van der Waals surface area contributed by atoms with E-state index in [1.807, 2.05) is 0 Å². The van der Waals surface area contributed by atoms with Crippen LogP contribution in [0, 0.1) is 5.92 Å². The molecule has 5 nitrogen and oxygen atoms in total. The van der Waals surface area contributed by atoms with Gasteiger partial charge in [0.1, 0.15) is 0 Å². The van der Waals surface area contributed by atoms with Crippen LogP contribution in [-0.2, 0) is 19.6 Å². The fourth-order valence-electron chi connectivity index (χ4n) is 2.41. The molecule has 17 heavy (non-hydrogen) atoms. The van der Waals surface area contributed by atoms with Crippen LogP contribution in [0.1, 0.15) is 25.7 Å². The van der Waals surface area contributed by atoms with Crippen molar-refractivity contribution in [3.8, 4) is 0 Å². The van der Waals surface area contributed by atoms with E-state index in [1.54, 1.807) is 0 Å². The maximum atomic E-state index is 11.8. The first-order valence-electron chi connectivity index (χ1n) is 5.73. The molecule has 0 aromatic heterocycles. The summed E-state index contributed by atoms with van der Waals surface area (Å²) in [6, 6.07) is 0. The Balaban J connectivity index is 1.68. The van der Waals surface area contributed by atoms with Crippen LogP contribution in [0.15, 0.2) is 0 Å². The van der Waals surface area contributed by atoms with Gasteiger partial charge < -0.3 is 4.74 Å². The molecule has 98 valence electrons. The minimum atomic E-state index is -3.90. The number of rotatable bonds is 5. The Labute approximate surface area is 105 Å². The van der Waals surface area contributed by atoms with Crippen LogP contribution in [-0.4, -0.2) is 41.8 Å². The lowest BCUT2D eigenvalue weighted by Gasteiger charge is -2.16. The van der Waals surface area contributed by atoms with E-state index in [2.05, 4.69) is 0 Å². The van der Waals surface area contributed by atoms with Gasteiger partial charge in [-0.2, -0.15) is 8.42 Å². The van der Waals surface area contributed by atoms with Crippen LogP contribution >= 0.6 is 11.8 Å². The lowest BCUT2D eigenvalue weighted by Crippen LogP contribution is -2.23. The summed E-state index contributed by atoms with van der Waals surface area (Å²) in [7, 11) is -3.90. The Morgan fingerprint density at radius 3 is 2.71 bits per heavy atom. The maximum Gasteiger partial charge on any atom is 0.264 e.